The second kappa shape index (κ2) is 7.67. The Morgan fingerprint density at radius 1 is 1.53 bits per heavy atom. The third-order valence-electron chi connectivity index (χ3n) is 3.37. The van der Waals surface area contributed by atoms with E-state index in [1.54, 1.807) is 0 Å². The van der Waals surface area contributed by atoms with Gasteiger partial charge in [-0.25, -0.2) is 0 Å². The maximum absolute atomic E-state index is 11.6. The van der Waals surface area contributed by atoms with Crippen LogP contribution in [-0.2, 0) is 9.53 Å². The van der Waals surface area contributed by atoms with E-state index in [9.17, 15) is 4.79 Å². The summed E-state index contributed by atoms with van der Waals surface area (Å²) in [7, 11) is 0. The Labute approximate surface area is 104 Å². The first-order chi connectivity index (χ1) is 8.15. The summed E-state index contributed by atoms with van der Waals surface area (Å²) in [4.78, 5) is 11.6. The number of carbonyl (C=O) groups excluding carboxylic acids is 1. The highest BCUT2D eigenvalue weighted by molar-refractivity contribution is 5.81. The van der Waals surface area contributed by atoms with Gasteiger partial charge in [0.2, 0.25) is 5.91 Å². The van der Waals surface area contributed by atoms with Gasteiger partial charge in [-0.3, -0.25) is 4.79 Å². The minimum Gasteiger partial charge on any atom is -0.381 e. The molecule has 1 rings (SSSR count). The predicted molar refractivity (Wildman–Crippen MR) is 68.6 cm³/mol. The zero-order valence-corrected chi connectivity index (χ0v) is 11.1. The number of ether oxygens (including phenoxy) is 1. The van der Waals surface area contributed by atoms with E-state index in [0.717, 1.165) is 32.0 Å². The summed E-state index contributed by atoms with van der Waals surface area (Å²) in [6.45, 7) is 6.33. The van der Waals surface area contributed by atoms with Gasteiger partial charge in [-0.05, 0) is 31.1 Å². The molecule has 2 atom stereocenters. The van der Waals surface area contributed by atoms with Gasteiger partial charge in [0.25, 0.3) is 0 Å². The molecule has 0 radical (unpaired) electrons. The molecule has 1 aliphatic rings. The molecule has 3 N–H and O–H groups in total. The van der Waals surface area contributed by atoms with Crippen molar-refractivity contribution >= 4 is 5.91 Å². The number of nitrogens with one attached hydrogen (secondary N) is 1. The number of hydrogen-bond acceptors (Lipinski definition) is 3. The van der Waals surface area contributed by atoms with Crippen molar-refractivity contribution in [3.8, 4) is 0 Å². The standard InChI is InChI=1S/C13H26N2O2/c1-3-10(2)12(14)13(16)15-7-4-8-17-9-11-5-6-11/h10-12H,3-9,14H2,1-2H3,(H,15,16)/t10?,12-/m0/s1. The van der Waals surface area contributed by atoms with Crippen LogP contribution in [0, 0.1) is 11.8 Å². The Morgan fingerprint density at radius 3 is 2.82 bits per heavy atom. The van der Waals surface area contributed by atoms with Crippen LogP contribution in [0.25, 0.3) is 0 Å². The summed E-state index contributed by atoms with van der Waals surface area (Å²) in [6, 6.07) is -0.382. The maximum Gasteiger partial charge on any atom is 0.237 e. The average Bonchev–Trinajstić information content (AvgIpc) is 3.15. The molecular weight excluding hydrogens is 216 g/mol. The zero-order valence-electron chi connectivity index (χ0n) is 11.1. The molecule has 1 fully saturated rings. The molecular formula is C13H26N2O2. The SMILES string of the molecule is CCC(C)[C@H](N)C(=O)NCCCOCC1CC1. The summed E-state index contributed by atoms with van der Waals surface area (Å²) < 4.78 is 5.49. The predicted octanol–water partition coefficient (Wildman–Crippen LogP) is 1.29. The highest BCUT2D eigenvalue weighted by atomic mass is 16.5. The lowest BCUT2D eigenvalue weighted by Gasteiger charge is -2.17. The molecule has 0 aromatic carbocycles. The Bertz CT molecular complexity index is 229. The molecule has 17 heavy (non-hydrogen) atoms. The molecule has 100 valence electrons. The summed E-state index contributed by atoms with van der Waals surface area (Å²) >= 11 is 0. The monoisotopic (exact) mass is 242 g/mol. The maximum atomic E-state index is 11.6. The smallest absolute Gasteiger partial charge is 0.237 e. The summed E-state index contributed by atoms with van der Waals surface area (Å²) in [5.74, 6) is 1.01. The van der Waals surface area contributed by atoms with Crippen molar-refractivity contribution in [3.63, 3.8) is 0 Å². The second-order valence-corrected chi connectivity index (χ2v) is 5.07. The molecule has 1 aliphatic carbocycles. The van der Waals surface area contributed by atoms with E-state index in [0.29, 0.717) is 6.54 Å². The van der Waals surface area contributed by atoms with E-state index in [1.807, 2.05) is 13.8 Å². The molecule has 0 aromatic heterocycles. The van der Waals surface area contributed by atoms with E-state index >= 15 is 0 Å². The molecule has 0 saturated heterocycles. The van der Waals surface area contributed by atoms with Crippen molar-refractivity contribution in [1.82, 2.24) is 5.32 Å². The van der Waals surface area contributed by atoms with Crippen LogP contribution in [0.4, 0.5) is 0 Å². The van der Waals surface area contributed by atoms with Gasteiger partial charge in [-0.15, -0.1) is 0 Å². The first kappa shape index (κ1) is 14.5. The Balaban J connectivity index is 1.94. The lowest BCUT2D eigenvalue weighted by Crippen LogP contribution is -2.45. The van der Waals surface area contributed by atoms with Crippen LogP contribution in [0.2, 0.25) is 0 Å². The van der Waals surface area contributed by atoms with Gasteiger partial charge in [-0.1, -0.05) is 20.3 Å². The average molecular weight is 242 g/mol. The van der Waals surface area contributed by atoms with Gasteiger partial charge in [-0.2, -0.15) is 0 Å². The van der Waals surface area contributed by atoms with Gasteiger partial charge in [0, 0.05) is 19.8 Å². The fourth-order valence-electron chi connectivity index (χ4n) is 1.55. The highest BCUT2D eigenvalue weighted by Gasteiger charge is 2.21. The quantitative estimate of drug-likeness (QED) is 0.599. The fourth-order valence-corrected chi connectivity index (χ4v) is 1.55. The highest BCUT2D eigenvalue weighted by Crippen LogP contribution is 2.28. The van der Waals surface area contributed by atoms with Crippen LogP contribution >= 0.6 is 0 Å². The van der Waals surface area contributed by atoms with Crippen LogP contribution in [0.3, 0.4) is 0 Å². The lowest BCUT2D eigenvalue weighted by molar-refractivity contribution is -0.123. The largest absolute Gasteiger partial charge is 0.381 e. The molecule has 1 unspecified atom stereocenters. The summed E-state index contributed by atoms with van der Waals surface area (Å²) in [6.07, 6.45) is 4.44. The first-order valence-electron chi connectivity index (χ1n) is 6.76. The third kappa shape index (κ3) is 6.03. The van der Waals surface area contributed by atoms with Crippen LogP contribution in [0.5, 0.6) is 0 Å². The number of amides is 1. The number of nitrogens with two attached hydrogens (primary N) is 1. The van der Waals surface area contributed by atoms with Crippen LogP contribution in [0.1, 0.15) is 39.5 Å². The number of rotatable bonds is 9. The number of carbonyl (C=O) groups is 1. The van der Waals surface area contributed by atoms with Gasteiger partial charge in [0.1, 0.15) is 0 Å². The Kier molecular flexibility index (Phi) is 6.52. The second-order valence-electron chi connectivity index (χ2n) is 5.07. The van der Waals surface area contributed by atoms with Gasteiger partial charge < -0.3 is 15.8 Å². The van der Waals surface area contributed by atoms with Crippen molar-refractivity contribution in [2.75, 3.05) is 19.8 Å². The van der Waals surface area contributed by atoms with E-state index in [1.165, 1.54) is 12.8 Å². The molecule has 0 heterocycles. The third-order valence-corrected chi connectivity index (χ3v) is 3.37. The van der Waals surface area contributed by atoms with E-state index in [-0.39, 0.29) is 17.9 Å². The topological polar surface area (TPSA) is 64.4 Å². The zero-order chi connectivity index (χ0) is 12.7. The van der Waals surface area contributed by atoms with Crippen molar-refractivity contribution in [2.45, 2.75) is 45.6 Å². The summed E-state index contributed by atoms with van der Waals surface area (Å²) in [5.41, 5.74) is 5.82. The molecule has 0 aromatic rings. The Morgan fingerprint density at radius 2 is 2.24 bits per heavy atom. The van der Waals surface area contributed by atoms with Gasteiger partial charge in [0.05, 0.1) is 6.04 Å². The van der Waals surface area contributed by atoms with E-state index in [2.05, 4.69) is 5.32 Å². The molecule has 4 heteroatoms. The normalized spacial score (nSPS) is 18.8. The molecule has 0 spiro atoms. The van der Waals surface area contributed by atoms with E-state index < -0.39 is 0 Å². The van der Waals surface area contributed by atoms with Crippen LogP contribution in [-0.4, -0.2) is 31.7 Å². The molecule has 0 bridgehead atoms. The van der Waals surface area contributed by atoms with Crippen molar-refractivity contribution < 1.29 is 9.53 Å². The van der Waals surface area contributed by atoms with Crippen molar-refractivity contribution in [2.24, 2.45) is 17.6 Å². The summed E-state index contributed by atoms with van der Waals surface area (Å²) in [5, 5.41) is 2.86. The minimum atomic E-state index is -0.382. The van der Waals surface area contributed by atoms with Crippen LogP contribution in [0.15, 0.2) is 0 Å². The van der Waals surface area contributed by atoms with Crippen LogP contribution < -0.4 is 11.1 Å². The molecule has 4 nitrogen and oxygen atoms in total. The number of hydrogen-bond donors (Lipinski definition) is 2. The molecule has 1 saturated carbocycles. The van der Waals surface area contributed by atoms with Gasteiger partial charge >= 0.3 is 0 Å². The lowest BCUT2D eigenvalue weighted by atomic mass is 9.99. The fraction of sp³-hybridized carbons (Fsp3) is 0.923. The Hall–Kier alpha value is -0.610. The van der Waals surface area contributed by atoms with Crippen molar-refractivity contribution in [1.29, 1.82) is 0 Å². The van der Waals surface area contributed by atoms with Gasteiger partial charge in [0.15, 0.2) is 0 Å². The molecule has 1 amide bonds. The minimum absolute atomic E-state index is 0.0402. The van der Waals surface area contributed by atoms with Crippen molar-refractivity contribution in [3.05, 3.63) is 0 Å². The molecule has 0 aliphatic heterocycles. The first-order valence-corrected chi connectivity index (χ1v) is 6.76. The van der Waals surface area contributed by atoms with E-state index in [4.69, 9.17) is 10.5 Å².